The monoisotopic (exact) mass is 293 g/mol. The molecule has 0 fully saturated rings. The van der Waals surface area contributed by atoms with Crippen molar-refractivity contribution in [2.75, 3.05) is 6.54 Å². The minimum absolute atomic E-state index is 0.544. The zero-order valence-electron chi connectivity index (χ0n) is 13.5. The number of nitrogens with zero attached hydrogens (tertiary/aromatic N) is 2. The lowest BCUT2D eigenvalue weighted by molar-refractivity contribution is 0.867. The van der Waals surface area contributed by atoms with E-state index in [-0.39, 0.29) is 0 Å². The number of imidazole rings is 1. The maximum Gasteiger partial charge on any atom is 0.137 e. The molecule has 0 radical (unpaired) electrons. The van der Waals surface area contributed by atoms with Crippen molar-refractivity contribution in [3.8, 4) is 11.3 Å². The summed E-state index contributed by atoms with van der Waals surface area (Å²) in [6.07, 6.45) is 2.94. The summed E-state index contributed by atoms with van der Waals surface area (Å²) in [6.45, 7) is 7.15. The molecule has 2 N–H and O–H groups in total. The molecule has 0 unspecified atom stereocenters. The minimum atomic E-state index is 0.544. The molecule has 0 bridgehead atoms. The molecule has 0 amide bonds. The Hall–Kier alpha value is -2.13. The Morgan fingerprint density at radius 2 is 1.82 bits per heavy atom. The summed E-state index contributed by atoms with van der Waals surface area (Å²) in [4.78, 5) is 4.76. The first-order valence-electron chi connectivity index (χ1n) is 7.88. The van der Waals surface area contributed by atoms with Gasteiger partial charge < -0.3 is 5.73 Å². The van der Waals surface area contributed by atoms with Gasteiger partial charge in [0.25, 0.3) is 0 Å². The van der Waals surface area contributed by atoms with Crippen LogP contribution in [-0.4, -0.2) is 15.9 Å². The maximum atomic E-state index is 5.77. The molecule has 0 saturated carbocycles. The van der Waals surface area contributed by atoms with Crippen molar-refractivity contribution in [1.82, 2.24) is 9.38 Å². The predicted molar refractivity (Wildman–Crippen MR) is 92.2 cm³/mol. The summed E-state index contributed by atoms with van der Waals surface area (Å²) in [5.41, 5.74) is 12.8. The average Bonchev–Trinajstić information content (AvgIpc) is 2.85. The Morgan fingerprint density at radius 3 is 2.45 bits per heavy atom. The fourth-order valence-electron chi connectivity index (χ4n) is 2.84. The summed E-state index contributed by atoms with van der Waals surface area (Å²) in [5, 5.41) is 0. The average molecular weight is 293 g/mol. The molecular weight excluding hydrogens is 270 g/mol. The molecule has 0 atom stereocenters. The molecule has 1 aromatic carbocycles. The van der Waals surface area contributed by atoms with Crippen LogP contribution in [0.2, 0.25) is 0 Å². The summed E-state index contributed by atoms with van der Waals surface area (Å²) in [5.74, 6) is 0.544. The molecule has 3 nitrogen and oxygen atoms in total. The van der Waals surface area contributed by atoms with E-state index in [9.17, 15) is 0 Å². The van der Waals surface area contributed by atoms with Crippen LogP contribution in [0.1, 0.15) is 36.6 Å². The standard InChI is InChI=1S/C19H23N3/c1-13(2)15-5-7-16(8-6-15)19-17(10-11-20)21-18-9-4-14(3)12-22(18)19/h4-9,12-13H,10-11,20H2,1-3H3. The van der Waals surface area contributed by atoms with Crippen molar-refractivity contribution in [3.63, 3.8) is 0 Å². The van der Waals surface area contributed by atoms with Gasteiger partial charge in [-0.15, -0.1) is 0 Å². The zero-order chi connectivity index (χ0) is 15.7. The number of fused-ring (bicyclic) bond motifs is 1. The third-order valence-corrected chi connectivity index (χ3v) is 4.07. The van der Waals surface area contributed by atoms with E-state index >= 15 is 0 Å². The highest BCUT2D eigenvalue weighted by Gasteiger charge is 2.14. The lowest BCUT2D eigenvalue weighted by Gasteiger charge is -2.09. The zero-order valence-corrected chi connectivity index (χ0v) is 13.5. The quantitative estimate of drug-likeness (QED) is 0.792. The van der Waals surface area contributed by atoms with Crippen LogP contribution >= 0.6 is 0 Å². The number of hydrogen-bond acceptors (Lipinski definition) is 2. The van der Waals surface area contributed by atoms with Gasteiger partial charge in [0, 0.05) is 18.2 Å². The number of aryl methyl sites for hydroxylation is 1. The first-order chi connectivity index (χ1) is 10.6. The Labute approximate surface area is 131 Å². The number of aromatic nitrogens is 2. The molecule has 0 aliphatic rings. The first-order valence-corrected chi connectivity index (χ1v) is 7.88. The molecule has 3 rings (SSSR count). The Kier molecular flexibility index (Phi) is 3.99. The fraction of sp³-hybridized carbons (Fsp3) is 0.316. The van der Waals surface area contributed by atoms with Crippen LogP contribution in [-0.2, 0) is 6.42 Å². The third-order valence-electron chi connectivity index (χ3n) is 4.07. The van der Waals surface area contributed by atoms with E-state index in [2.05, 4.69) is 67.8 Å². The van der Waals surface area contributed by atoms with Crippen molar-refractivity contribution < 1.29 is 0 Å². The second-order valence-electron chi connectivity index (χ2n) is 6.16. The van der Waals surface area contributed by atoms with Crippen molar-refractivity contribution in [2.24, 2.45) is 5.73 Å². The van der Waals surface area contributed by atoms with Gasteiger partial charge in [0.1, 0.15) is 5.65 Å². The number of nitrogens with two attached hydrogens (primary N) is 1. The van der Waals surface area contributed by atoms with E-state index in [0.29, 0.717) is 12.5 Å². The van der Waals surface area contributed by atoms with E-state index in [4.69, 9.17) is 10.7 Å². The molecule has 114 valence electrons. The number of rotatable bonds is 4. The topological polar surface area (TPSA) is 43.3 Å². The molecule has 0 aliphatic carbocycles. The van der Waals surface area contributed by atoms with Crippen LogP contribution in [0.4, 0.5) is 0 Å². The first kappa shape index (κ1) is 14.8. The highest BCUT2D eigenvalue weighted by Crippen LogP contribution is 2.27. The summed E-state index contributed by atoms with van der Waals surface area (Å²) < 4.78 is 2.19. The summed E-state index contributed by atoms with van der Waals surface area (Å²) in [6, 6.07) is 13.0. The molecule has 0 aliphatic heterocycles. The van der Waals surface area contributed by atoms with Gasteiger partial charge in [-0.2, -0.15) is 0 Å². The normalized spacial score (nSPS) is 11.5. The molecular formula is C19H23N3. The van der Waals surface area contributed by atoms with E-state index in [1.165, 1.54) is 22.4 Å². The van der Waals surface area contributed by atoms with Crippen molar-refractivity contribution in [1.29, 1.82) is 0 Å². The van der Waals surface area contributed by atoms with Crippen LogP contribution in [0.3, 0.4) is 0 Å². The third kappa shape index (κ3) is 2.64. The second-order valence-corrected chi connectivity index (χ2v) is 6.16. The molecule has 3 heteroatoms. The highest BCUT2D eigenvalue weighted by atomic mass is 15.0. The maximum absolute atomic E-state index is 5.77. The largest absolute Gasteiger partial charge is 0.330 e. The number of pyridine rings is 1. The van der Waals surface area contributed by atoms with E-state index in [0.717, 1.165) is 17.8 Å². The van der Waals surface area contributed by atoms with E-state index in [1.807, 2.05) is 0 Å². The van der Waals surface area contributed by atoms with Crippen LogP contribution in [0.5, 0.6) is 0 Å². The van der Waals surface area contributed by atoms with Gasteiger partial charge in [0.05, 0.1) is 11.4 Å². The van der Waals surface area contributed by atoms with Gasteiger partial charge in [-0.1, -0.05) is 44.2 Å². The molecule has 3 aromatic rings. The summed E-state index contributed by atoms with van der Waals surface area (Å²) in [7, 11) is 0. The van der Waals surface area contributed by atoms with Gasteiger partial charge in [-0.25, -0.2) is 4.98 Å². The smallest absolute Gasteiger partial charge is 0.137 e. The van der Waals surface area contributed by atoms with E-state index < -0.39 is 0 Å². The van der Waals surface area contributed by atoms with Crippen LogP contribution in [0, 0.1) is 6.92 Å². The van der Waals surface area contributed by atoms with Crippen LogP contribution in [0.25, 0.3) is 16.9 Å². The van der Waals surface area contributed by atoms with Crippen molar-refractivity contribution in [3.05, 3.63) is 59.4 Å². The predicted octanol–water partition coefficient (Wildman–Crippen LogP) is 3.93. The van der Waals surface area contributed by atoms with Crippen LogP contribution in [0.15, 0.2) is 42.6 Å². The molecule has 22 heavy (non-hydrogen) atoms. The van der Waals surface area contributed by atoms with E-state index in [1.54, 1.807) is 0 Å². The SMILES string of the molecule is Cc1ccc2nc(CCN)c(-c3ccc(C(C)C)cc3)n2c1. The molecule has 2 heterocycles. The summed E-state index contributed by atoms with van der Waals surface area (Å²) >= 11 is 0. The van der Waals surface area contributed by atoms with Gasteiger partial charge in [-0.05, 0) is 36.6 Å². The number of hydrogen-bond donors (Lipinski definition) is 1. The highest BCUT2D eigenvalue weighted by molar-refractivity contribution is 5.68. The molecule has 2 aromatic heterocycles. The van der Waals surface area contributed by atoms with Gasteiger partial charge >= 0.3 is 0 Å². The van der Waals surface area contributed by atoms with Gasteiger partial charge in [0.15, 0.2) is 0 Å². The van der Waals surface area contributed by atoms with Gasteiger partial charge in [0.2, 0.25) is 0 Å². The fourth-order valence-corrected chi connectivity index (χ4v) is 2.84. The minimum Gasteiger partial charge on any atom is -0.330 e. The molecule has 0 spiro atoms. The Morgan fingerprint density at radius 1 is 1.09 bits per heavy atom. The van der Waals surface area contributed by atoms with Crippen molar-refractivity contribution in [2.45, 2.75) is 33.1 Å². The Bertz CT molecular complexity index is 782. The lowest BCUT2D eigenvalue weighted by atomic mass is 10.00. The second kappa shape index (κ2) is 5.93. The van der Waals surface area contributed by atoms with Crippen molar-refractivity contribution >= 4 is 5.65 Å². The number of benzene rings is 1. The van der Waals surface area contributed by atoms with Crippen LogP contribution < -0.4 is 5.73 Å². The van der Waals surface area contributed by atoms with Gasteiger partial charge in [-0.3, -0.25) is 4.40 Å². The lowest BCUT2D eigenvalue weighted by Crippen LogP contribution is -2.04. The Balaban J connectivity index is 2.18. The molecule has 0 saturated heterocycles.